The molecule has 1 fully saturated rings. The first-order valence-electron chi connectivity index (χ1n) is 10.2. The third kappa shape index (κ3) is 4.46. The number of aromatic nitrogens is 3. The van der Waals surface area contributed by atoms with Crippen LogP contribution in [0.1, 0.15) is 36.0 Å². The highest BCUT2D eigenvalue weighted by molar-refractivity contribution is 7.94. The maximum absolute atomic E-state index is 13.2. The minimum atomic E-state index is -3.31. The summed E-state index contributed by atoms with van der Waals surface area (Å²) in [5, 5.41) is 5.17. The van der Waals surface area contributed by atoms with Crippen molar-refractivity contribution in [3.05, 3.63) is 77.6 Å². The van der Waals surface area contributed by atoms with Crippen LogP contribution in [0.15, 0.2) is 64.8 Å². The van der Waals surface area contributed by atoms with E-state index >= 15 is 0 Å². The van der Waals surface area contributed by atoms with Gasteiger partial charge in [0, 0.05) is 29.4 Å². The van der Waals surface area contributed by atoms with Gasteiger partial charge in [0.2, 0.25) is 11.8 Å². The first-order chi connectivity index (χ1) is 15.0. The lowest BCUT2D eigenvalue weighted by Crippen LogP contribution is -2.41. The van der Waals surface area contributed by atoms with Crippen molar-refractivity contribution in [2.24, 2.45) is 0 Å². The van der Waals surface area contributed by atoms with Crippen molar-refractivity contribution in [2.45, 2.75) is 37.8 Å². The van der Waals surface area contributed by atoms with Gasteiger partial charge >= 0.3 is 0 Å². The molecule has 1 aliphatic heterocycles. The average molecular weight is 439 g/mol. The van der Waals surface area contributed by atoms with Crippen LogP contribution in [-0.2, 0) is 27.6 Å². The summed E-state index contributed by atoms with van der Waals surface area (Å²) in [7, 11) is -3.31. The van der Waals surface area contributed by atoms with Gasteiger partial charge in [-0.1, -0.05) is 17.3 Å². The molecule has 1 aliphatic carbocycles. The van der Waals surface area contributed by atoms with Crippen molar-refractivity contribution < 1.29 is 17.7 Å². The van der Waals surface area contributed by atoms with E-state index in [4.69, 9.17) is 4.52 Å². The summed E-state index contributed by atoms with van der Waals surface area (Å²) in [4.78, 5) is 19.1. The number of benzene rings is 1. The molecule has 1 aromatic carbocycles. The van der Waals surface area contributed by atoms with Gasteiger partial charge in [-0.15, -0.1) is 0 Å². The molecule has 9 heteroatoms. The summed E-state index contributed by atoms with van der Waals surface area (Å²) in [5.41, 5.74) is 1.85. The van der Waals surface area contributed by atoms with E-state index in [2.05, 4.69) is 10.1 Å². The maximum Gasteiger partial charge on any atom is 0.229 e. The van der Waals surface area contributed by atoms with E-state index in [-0.39, 0.29) is 24.6 Å². The van der Waals surface area contributed by atoms with Crippen LogP contribution in [0.3, 0.4) is 0 Å². The Morgan fingerprint density at radius 3 is 2.55 bits per heavy atom. The van der Waals surface area contributed by atoms with Gasteiger partial charge in [0.15, 0.2) is 15.7 Å². The van der Waals surface area contributed by atoms with Crippen LogP contribution in [0, 0.1) is 0 Å². The fraction of sp³-hybridized carbons (Fsp3) is 0.318. The SMILES string of the molecule is O=C(Cc1ccc(-n2cccc2)cc1)N(Cc1noc(C2CC2)n1)C1C=CS(=O)(=O)C1. The lowest BCUT2D eigenvalue weighted by molar-refractivity contribution is -0.132. The van der Waals surface area contributed by atoms with Gasteiger partial charge in [-0.3, -0.25) is 4.79 Å². The molecular formula is C22H22N4O4S. The number of hydrogen-bond acceptors (Lipinski definition) is 6. The molecule has 1 saturated carbocycles. The van der Waals surface area contributed by atoms with Crippen molar-refractivity contribution in [2.75, 3.05) is 5.75 Å². The maximum atomic E-state index is 13.2. The highest BCUT2D eigenvalue weighted by Crippen LogP contribution is 2.38. The molecule has 31 heavy (non-hydrogen) atoms. The molecule has 0 spiro atoms. The normalized spacial score (nSPS) is 19.5. The monoisotopic (exact) mass is 438 g/mol. The number of nitrogens with zero attached hydrogens (tertiary/aromatic N) is 4. The number of carbonyl (C=O) groups excluding carboxylic acids is 1. The predicted octanol–water partition coefficient (Wildman–Crippen LogP) is 2.62. The average Bonchev–Trinajstić information content (AvgIpc) is 3.14. The van der Waals surface area contributed by atoms with Crippen LogP contribution in [0.25, 0.3) is 5.69 Å². The summed E-state index contributed by atoms with van der Waals surface area (Å²) >= 11 is 0. The summed E-state index contributed by atoms with van der Waals surface area (Å²) in [6, 6.07) is 11.1. The van der Waals surface area contributed by atoms with Crippen LogP contribution in [0.4, 0.5) is 0 Å². The summed E-state index contributed by atoms with van der Waals surface area (Å²) in [5.74, 6) is 1.00. The lowest BCUT2D eigenvalue weighted by atomic mass is 10.1. The van der Waals surface area contributed by atoms with Crippen molar-refractivity contribution in [3.63, 3.8) is 0 Å². The van der Waals surface area contributed by atoms with Crippen LogP contribution < -0.4 is 0 Å². The molecule has 3 aromatic rings. The fourth-order valence-corrected chi connectivity index (χ4v) is 4.99. The van der Waals surface area contributed by atoms with Crippen molar-refractivity contribution >= 4 is 15.7 Å². The lowest BCUT2D eigenvalue weighted by Gasteiger charge is -2.26. The highest BCUT2D eigenvalue weighted by atomic mass is 32.2. The molecule has 1 unspecified atom stereocenters. The van der Waals surface area contributed by atoms with Crippen molar-refractivity contribution in [1.29, 1.82) is 0 Å². The predicted molar refractivity (Wildman–Crippen MR) is 113 cm³/mol. The van der Waals surface area contributed by atoms with Crippen molar-refractivity contribution in [3.8, 4) is 5.69 Å². The molecule has 0 bridgehead atoms. The van der Waals surface area contributed by atoms with Crippen LogP contribution in [0.2, 0.25) is 0 Å². The van der Waals surface area contributed by atoms with Crippen LogP contribution in [0.5, 0.6) is 0 Å². The van der Waals surface area contributed by atoms with Gasteiger partial charge in [0.05, 0.1) is 24.8 Å². The van der Waals surface area contributed by atoms with Gasteiger partial charge in [0.1, 0.15) is 0 Å². The molecule has 1 amide bonds. The zero-order valence-corrected chi connectivity index (χ0v) is 17.6. The molecular weight excluding hydrogens is 416 g/mol. The highest BCUT2D eigenvalue weighted by Gasteiger charge is 2.33. The zero-order chi connectivity index (χ0) is 21.4. The zero-order valence-electron chi connectivity index (χ0n) is 16.8. The van der Waals surface area contributed by atoms with E-state index in [1.54, 1.807) is 6.08 Å². The first-order valence-corrected chi connectivity index (χ1v) is 11.9. The standard InChI is InChI=1S/C22H22N4O4S/c27-21(13-16-3-7-18(8-4-16)25-10-1-2-11-25)26(19-9-12-31(28,29)15-19)14-20-23-22(30-24-20)17-5-6-17/h1-4,7-12,17,19H,5-6,13-15H2. The van der Waals surface area contributed by atoms with Gasteiger partial charge in [-0.2, -0.15) is 4.98 Å². The Balaban J connectivity index is 1.33. The molecule has 1 atom stereocenters. The number of hydrogen-bond donors (Lipinski definition) is 0. The number of sulfone groups is 1. The molecule has 8 nitrogen and oxygen atoms in total. The van der Waals surface area contributed by atoms with Gasteiger partial charge < -0.3 is 14.0 Å². The molecule has 160 valence electrons. The molecule has 0 saturated heterocycles. The largest absolute Gasteiger partial charge is 0.339 e. The van der Waals surface area contributed by atoms with E-state index in [9.17, 15) is 13.2 Å². The topological polar surface area (TPSA) is 98.3 Å². The van der Waals surface area contributed by atoms with Crippen molar-refractivity contribution in [1.82, 2.24) is 19.6 Å². The molecule has 2 aromatic heterocycles. The third-order valence-corrected chi connectivity index (χ3v) is 6.93. The van der Waals surface area contributed by atoms with E-state index < -0.39 is 15.9 Å². The molecule has 0 N–H and O–H groups in total. The molecule has 5 rings (SSSR count). The Morgan fingerprint density at radius 2 is 1.90 bits per heavy atom. The summed E-state index contributed by atoms with van der Waals surface area (Å²) < 4.78 is 31.2. The van der Waals surface area contributed by atoms with Crippen LogP contribution in [-0.4, -0.2) is 45.7 Å². The number of carbonyl (C=O) groups is 1. The van der Waals surface area contributed by atoms with Crippen LogP contribution >= 0.6 is 0 Å². The summed E-state index contributed by atoms with van der Waals surface area (Å²) in [6.45, 7) is 0.112. The Kier molecular flexibility index (Phi) is 4.97. The van der Waals surface area contributed by atoms with E-state index in [0.717, 1.165) is 24.1 Å². The quantitative estimate of drug-likeness (QED) is 0.562. The van der Waals surface area contributed by atoms with Gasteiger partial charge in [-0.25, -0.2) is 8.42 Å². The minimum Gasteiger partial charge on any atom is -0.339 e. The Bertz CT molecular complexity index is 1210. The van der Waals surface area contributed by atoms with Gasteiger partial charge in [0.25, 0.3) is 0 Å². The smallest absolute Gasteiger partial charge is 0.229 e. The minimum absolute atomic E-state index is 0.112. The second-order valence-corrected chi connectivity index (χ2v) is 9.93. The second kappa shape index (κ2) is 7.81. The third-order valence-electron chi connectivity index (χ3n) is 5.55. The van der Waals surface area contributed by atoms with E-state index in [1.807, 2.05) is 53.4 Å². The number of amides is 1. The Hall–Kier alpha value is -3.20. The molecule has 0 radical (unpaired) electrons. The number of rotatable bonds is 7. The summed E-state index contributed by atoms with van der Waals surface area (Å²) in [6.07, 6.45) is 7.69. The second-order valence-electron chi connectivity index (χ2n) is 8.00. The van der Waals surface area contributed by atoms with E-state index in [0.29, 0.717) is 17.6 Å². The molecule has 3 heterocycles. The first kappa shape index (κ1) is 19.7. The fourth-order valence-electron chi connectivity index (χ4n) is 3.69. The Labute approximate surface area is 180 Å². The van der Waals surface area contributed by atoms with Gasteiger partial charge in [-0.05, 0) is 48.7 Å². The Morgan fingerprint density at radius 1 is 1.16 bits per heavy atom. The van der Waals surface area contributed by atoms with E-state index in [1.165, 1.54) is 10.3 Å². The molecule has 2 aliphatic rings.